The standard InChI is InChI=1S/C8H14BrNO2/c1-2-3-8(11)10-7-5-12-4-6(7)9/h6-7H,2-5H2,1H3,(H,10,11). The van der Waals surface area contributed by atoms with Crippen molar-refractivity contribution in [2.75, 3.05) is 13.2 Å². The van der Waals surface area contributed by atoms with Crippen LogP contribution in [0.15, 0.2) is 0 Å². The summed E-state index contributed by atoms with van der Waals surface area (Å²) in [6, 6.07) is 0.157. The Labute approximate surface area is 81.0 Å². The van der Waals surface area contributed by atoms with Crippen LogP contribution in [-0.2, 0) is 9.53 Å². The number of hydrogen-bond acceptors (Lipinski definition) is 2. The van der Waals surface area contributed by atoms with Gasteiger partial charge in [0.25, 0.3) is 0 Å². The lowest BCUT2D eigenvalue weighted by atomic mass is 10.2. The smallest absolute Gasteiger partial charge is 0.220 e. The van der Waals surface area contributed by atoms with Gasteiger partial charge in [0.05, 0.1) is 24.1 Å². The number of rotatable bonds is 3. The molecule has 0 bridgehead atoms. The molecule has 0 aromatic heterocycles. The molecular formula is C8H14BrNO2. The minimum Gasteiger partial charge on any atom is -0.378 e. The average molecular weight is 236 g/mol. The van der Waals surface area contributed by atoms with E-state index in [-0.39, 0.29) is 16.8 Å². The van der Waals surface area contributed by atoms with Crippen LogP contribution in [0.2, 0.25) is 0 Å². The molecule has 0 aliphatic carbocycles. The number of halogens is 1. The molecule has 70 valence electrons. The van der Waals surface area contributed by atoms with Gasteiger partial charge in [-0.2, -0.15) is 0 Å². The number of amides is 1. The molecule has 1 fully saturated rings. The largest absolute Gasteiger partial charge is 0.378 e. The molecular weight excluding hydrogens is 222 g/mol. The van der Waals surface area contributed by atoms with E-state index in [2.05, 4.69) is 21.2 Å². The summed E-state index contributed by atoms with van der Waals surface area (Å²) in [5.74, 6) is 0.123. The summed E-state index contributed by atoms with van der Waals surface area (Å²) in [5.41, 5.74) is 0. The Morgan fingerprint density at radius 1 is 1.67 bits per heavy atom. The van der Waals surface area contributed by atoms with Gasteiger partial charge in [-0.05, 0) is 6.42 Å². The van der Waals surface area contributed by atoms with E-state index >= 15 is 0 Å². The highest BCUT2D eigenvalue weighted by molar-refractivity contribution is 9.09. The fourth-order valence-corrected chi connectivity index (χ4v) is 1.64. The number of ether oxygens (including phenoxy) is 1. The van der Waals surface area contributed by atoms with Gasteiger partial charge < -0.3 is 10.1 Å². The normalized spacial score (nSPS) is 28.8. The van der Waals surface area contributed by atoms with Crippen molar-refractivity contribution in [3.63, 3.8) is 0 Å². The molecule has 0 saturated carbocycles. The fraction of sp³-hybridized carbons (Fsp3) is 0.875. The summed E-state index contributed by atoms with van der Waals surface area (Å²) in [6.45, 7) is 3.32. The number of carbonyl (C=O) groups excluding carboxylic acids is 1. The van der Waals surface area contributed by atoms with Crippen LogP contribution in [0.25, 0.3) is 0 Å². The van der Waals surface area contributed by atoms with E-state index < -0.39 is 0 Å². The predicted octanol–water partition coefficient (Wildman–Crippen LogP) is 1.06. The van der Waals surface area contributed by atoms with Crippen molar-refractivity contribution in [2.24, 2.45) is 0 Å². The van der Waals surface area contributed by atoms with Crippen molar-refractivity contribution in [2.45, 2.75) is 30.6 Å². The second-order valence-corrected chi connectivity index (χ2v) is 4.15. The molecule has 1 aliphatic rings. The molecule has 1 rings (SSSR count). The van der Waals surface area contributed by atoms with Gasteiger partial charge in [0.15, 0.2) is 0 Å². The Hall–Kier alpha value is -0.0900. The third-order valence-corrected chi connectivity index (χ3v) is 2.74. The molecule has 1 amide bonds. The summed E-state index contributed by atoms with van der Waals surface area (Å²) < 4.78 is 5.19. The van der Waals surface area contributed by atoms with Crippen LogP contribution in [0.4, 0.5) is 0 Å². The topological polar surface area (TPSA) is 38.3 Å². The molecule has 3 nitrogen and oxygen atoms in total. The number of alkyl halides is 1. The lowest BCUT2D eigenvalue weighted by Crippen LogP contribution is -2.40. The van der Waals surface area contributed by atoms with Gasteiger partial charge in [-0.1, -0.05) is 22.9 Å². The molecule has 2 atom stereocenters. The van der Waals surface area contributed by atoms with E-state index in [4.69, 9.17) is 4.74 Å². The molecule has 12 heavy (non-hydrogen) atoms. The van der Waals surface area contributed by atoms with E-state index in [9.17, 15) is 4.79 Å². The molecule has 0 aromatic rings. The van der Waals surface area contributed by atoms with Crippen molar-refractivity contribution in [1.82, 2.24) is 5.32 Å². The minimum absolute atomic E-state index is 0.123. The molecule has 2 unspecified atom stereocenters. The SMILES string of the molecule is CCCC(=O)NC1COCC1Br. The van der Waals surface area contributed by atoms with Crippen LogP contribution in [0.3, 0.4) is 0 Å². The highest BCUT2D eigenvalue weighted by Gasteiger charge is 2.26. The second-order valence-electron chi connectivity index (χ2n) is 2.98. The Kier molecular flexibility index (Phi) is 4.01. The highest BCUT2D eigenvalue weighted by Crippen LogP contribution is 2.14. The molecule has 0 spiro atoms. The summed E-state index contributed by atoms with van der Waals surface area (Å²) in [5, 5.41) is 2.92. The van der Waals surface area contributed by atoms with Crippen molar-refractivity contribution in [1.29, 1.82) is 0 Å². The van der Waals surface area contributed by atoms with E-state index in [1.54, 1.807) is 0 Å². The van der Waals surface area contributed by atoms with Gasteiger partial charge in [-0.15, -0.1) is 0 Å². The lowest BCUT2D eigenvalue weighted by molar-refractivity contribution is -0.121. The quantitative estimate of drug-likeness (QED) is 0.744. The average Bonchev–Trinajstić information content (AvgIpc) is 2.37. The first-order valence-corrected chi connectivity index (χ1v) is 5.16. The van der Waals surface area contributed by atoms with Crippen LogP contribution in [0.5, 0.6) is 0 Å². The summed E-state index contributed by atoms with van der Waals surface area (Å²) in [4.78, 5) is 11.4. The third-order valence-electron chi connectivity index (χ3n) is 1.83. The fourth-order valence-electron chi connectivity index (χ4n) is 1.17. The summed E-state index contributed by atoms with van der Waals surface area (Å²) in [6.07, 6.45) is 1.50. The monoisotopic (exact) mass is 235 g/mol. The maximum absolute atomic E-state index is 11.2. The highest BCUT2D eigenvalue weighted by atomic mass is 79.9. The zero-order valence-corrected chi connectivity index (χ0v) is 8.76. The van der Waals surface area contributed by atoms with Gasteiger partial charge in [0.2, 0.25) is 5.91 Å². The van der Waals surface area contributed by atoms with Crippen LogP contribution >= 0.6 is 15.9 Å². The maximum Gasteiger partial charge on any atom is 0.220 e. The molecule has 1 N–H and O–H groups in total. The molecule has 0 radical (unpaired) electrons. The van der Waals surface area contributed by atoms with E-state index in [0.29, 0.717) is 19.6 Å². The molecule has 1 heterocycles. The first kappa shape index (κ1) is 9.99. The first-order valence-electron chi connectivity index (χ1n) is 4.25. The zero-order chi connectivity index (χ0) is 8.97. The van der Waals surface area contributed by atoms with Crippen LogP contribution < -0.4 is 5.32 Å². The molecule has 1 aliphatic heterocycles. The first-order chi connectivity index (χ1) is 5.74. The van der Waals surface area contributed by atoms with Gasteiger partial charge in [0, 0.05) is 6.42 Å². The second kappa shape index (κ2) is 4.82. The Morgan fingerprint density at radius 2 is 2.42 bits per heavy atom. The van der Waals surface area contributed by atoms with E-state index in [0.717, 1.165) is 6.42 Å². The van der Waals surface area contributed by atoms with Crippen LogP contribution in [0.1, 0.15) is 19.8 Å². The van der Waals surface area contributed by atoms with Gasteiger partial charge in [-0.3, -0.25) is 4.79 Å². The Bertz CT molecular complexity index is 163. The molecule has 1 saturated heterocycles. The molecule has 0 aromatic carbocycles. The van der Waals surface area contributed by atoms with Gasteiger partial charge >= 0.3 is 0 Å². The summed E-state index contributed by atoms with van der Waals surface area (Å²) in [7, 11) is 0. The van der Waals surface area contributed by atoms with Crippen molar-refractivity contribution in [3.8, 4) is 0 Å². The Balaban J connectivity index is 2.25. The van der Waals surface area contributed by atoms with Gasteiger partial charge in [0.1, 0.15) is 0 Å². The van der Waals surface area contributed by atoms with Crippen molar-refractivity contribution < 1.29 is 9.53 Å². The third kappa shape index (κ3) is 2.75. The lowest BCUT2D eigenvalue weighted by Gasteiger charge is -2.13. The number of hydrogen-bond donors (Lipinski definition) is 1. The van der Waals surface area contributed by atoms with E-state index in [1.807, 2.05) is 6.92 Å². The van der Waals surface area contributed by atoms with E-state index in [1.165, 1.54) is 0 Å². The van der Waals surface area contributed by atoms with Crippen LogP contribution in [0, 0.1) is 0 Å². The predicted molar refractivity (Wildman–Crippen MR) is 50.4 cm³/mol. The van der Waals surface area contributed by atoms with Crippen molar-refractivity contribution in [3.05, 3.63) is 0 Å². The minimum atomic E-state index is 0.123. The maximum atomic E-state index is 11.2. The molecule has 4 heteroatoms. The van der Waals surface area contributed by atoms with Crippen molar-refractivity contribution >= 4 is 21.8 Å². The number of nitrogens with one attached hydrogen (secondary N) is 1. The van der Waals surface area contributed by atoms with Gasteiger partial charge in [-0.25, -0.2) is 0 Å². The summed E-state index contributed by atoms with van der Waals surface area (Å²) >= 11 is 3.44. The zero-order valence-electron chi connectivity index (χ0n) is 7.18. The Morgan fingerprint density at radius 3 is 2.92 bits per heavy atom. The number of carbonyl (C=O) groups is 1. The van der Waals surface area contributed by atoms with Crippen LogP contribution in [-0.4, -0.2) is 30.0 Å².